The Morgan fingerprint density at radius 2 is 1.75 bits per heavy atom. The summed E-state index contributed by atoms with van der Waals surface area (Å²) in [6.45, 7) is -0.252. The second kappa shape index (κ2) is 5.71. The zero-order valence-corrected chi connectivity index (χ0v) is 10.6. The first kappa shape index (κ1) is 14.0. The number of carbonyl (C=O) groups is 1. The lowest BCUT2D eigenvalue weighted by Crippen LogP contribution is -2.49. The van der Waals surface area contributed by atoms with E-state index in [1.807, 2.05) is 0 Å². The van der Waals surface area contributed by atoms with Crippen molar-refractivity contribution in [3.05, 3.63) is 66.0 Å². The van der Waals surface area contributed by atoms with Crippen LogP contribution in [0, 0.1) is 5.82 Å². The van der Waals surface area contributed by atoms with Gasteiger partial charge in [0.05, 0.1) is 0 Å². The Balaban J connectivity index is 2.18. The lowest BCUT2D eigenvalue weighted by molar-refractivity contribution is -0.145. The molecule has 20 heavy (non-hydrogen) atoms. The number of carboxylic acid groups (broad SMARTS) is 1. The smallest absolute Gasteiger partial charge is 0.331 e. The fourth-order valence-corrected chi connectivity index (χ4v) is 1.73. The van der Waals surface area contributed by atoms with E-state index in [1.54, 1.807) is 30.3 Å². The molecule has 0 aliphatic rings. The fraction of sp³-hybridized carbons (Fsp3) is 0.133. The number of hydrogen-bond donors (Lipinski definition) is 2. The van der Waals surface area contributed by atoms with Gasteiger partial charge in [0.1, 0.15) is 18.2 Å². The normalized spacial score (nSPS) is 13.5. The Labute approximate surface area is 115 Å². The standard InChI is InChI=1S/C15H14FNO3/c16-12-6-8-13(9-7-12)20-10-15(17,14(18)19)11-4-2-1-3-5-11/h1-9H,10,17H2,(H,18,19). The van der Waals surface area contributed by atoms with E-state index in [4.69, 9.17) is 10.5 Å². The third-order valence-corrected chi connectivity index (χ3v) is 2.95. The van der Waals surface area contributed by atoms with E-state index in [-0.39, 0.29) is 6.61 Å². The van der Waals surface area contributed by atoms with Crippen molar-refractivity contribution in [2.45, 2.75) is 5.54 Å². The largest absolute Gasteiger partial charge is 0.491 e. The van der Waals surface area contributed by atoms with Crippen LogP contribution in [0.1, 0.15) is 5.56 Å². The summed E-state index contributed by atoms with van der Waals surface area (Å²) in [5, 5.41) is 9.34. The van der Waals surface area contributed by atoms with E-state index in [2.05, 4.69) is 0 Å². The Morgan fingerprint density at radius 3 is 2.30 bits per heavy atom. The van der Waals surface area contributed by atoms with E-state index >= 15 is 0 Å². The highest BCUT2D eigenvalue weighted by Gasteiger charge is 2.37. The number of rotatable bonds is 5. The lowest BCUT2D eigenvalue weighted by Gasteiger charge is -2.25. The zero-order valence-electron chi connectivity index (χ0n) is 10.6. The summed E-state index contributed by atoms with van der Waals surface area (Å²) in [6, 6.07) is 13.7. The van der Waals surface area contributed by atoms with E-state index in [1.165, 1.54) is 24.3 Å². The van der Waals surface area contributed by atoms with Crippen molar-refractivity contribution in [1.29, 1.82) is 0 Å². The van der Waals surface area contributed by atoms with Crippen molar-refractivity contribution in [3.8, 4) is 5.75 Å². The van der Waals surface area contributed by atoms with Crippen LogP contribution in [0.15, 0.2) is 54.6 Å². The lowest BCUT2D eigenvalue weighted by atomic mass is 9.92. The molecule has 4 nitrogen and oxygen atoms in total. The minimum atomic E-state index is -1.66. The highest BCUT2D eigenvalue weighted by atomic mass is 19.1. The summed E-state index contributed by atoms with van der Waals surface area (Å²) < 4.78 is 18.1. The van der Waals surface area contributed by atoms with Crippen LogP contribution in [-0.2, 0) is 10.3 Å². The number of ether oxygens (including phenoxy) is 1. The zero-order chi connectivity index (χ0) is 14.6. The van der Waals surface area contributed by atoms with Gasteiger partial charge in [0.15, 0.2) is 5.54 Å². The molecule has 0 heterocycles. The molecular formula is C15H14FNO3. The molecule has 2 aromatic carbocycles. The predicted molar refractivity (Wildman–Crippen MR) is 71.8 cm³/mol. The molecule has 0 saturated carbocycles. The quantitative estimate of drug-likeness (QED) is 0.877. The van der Waals surface area contributed by atoms with Gasteiger partial charge in [0.25, 0.3) is 0 Å². The molecule has 0 radical (unpaired) electrons. The summed E-state index contributed by atoms with van der Waals surface area (Å²) in [5.41, 5.74) is 4.72. The topological polar surface area (TPSA) is 72.5 Å². The number of benzene rings is 2. The average molecular weight is 275 g/mol. The Hall–Kier alpha value is -2.40. The molecule has 104 valence electrons. The maximum atomic E-state index is 12.8. The van der Waals surface area contributed by atoms with Crippen molar-refractivity contribution in [2.75, 3.05) is 6.61 Å². The molecule has 1 atom stereocenters. The molecule has 0 saturated heterocycles. The van der Waals surface area contributed by atoms with Gasteiger partial charge in [-0.25, -0.2) is 9.18 Å². The summed E-state index contributed by atoms with van der Waals surface area (Å²) in [4.78, 5) is 11.4. The van der Waals surface area contributed by atoms with Gasteiger partial charge in [-0.15, -0.1) is 0 Å². The Bertz CT molecular complexity index is 586. The molecule has 3 N–H and O–H groups in total. The summed E-state index contributed by atoms with van der Waals surface area (Å²) in [6.07, 6.45) is 0. The second-order valence-corrected chi connectivity index (χ2v) is 4.39. The molecule has 1 unspecified atom stereocenters. The molecule has 0 fully saturated rings. The SMILES string of the molecule is NC(COc1ccc(F)cc1)(C(=O)O)c1ccccc1. The van der Waals surface area contributed by atoms with Gasteiger partial charge in [0.2, 0.25) is 0 Å². The average Bonchev–Trinajstić information content (AvgIpc) is 2.47. The van der Waals surface area contributed by atoms with Crippen LogP contribution in [0.3, 0.4) is 0 Å². The van der Waals surface area contributed by atoms with Crippen LogP contribution in [0.2, 0.25) is 0 Å². The second-order valence-electron chi connectivity index (χ2n) is 4.39. The molecular weight excluding hydrogens is 261 g/mol. The van der Waals surface area contributed by atoms with Gasteiger partial charge in [-0.3, -0.25) is 0 Å². The van der Waals surface area contributed by atoms with Crippen LogP contribution in [0.4, 0.5) is 4.39 Å². The van der Waals surface area contributed by atoms with Crippen molar-refractivity contribution < 1.29 is 19.0 Å². The van der Waals surface area contributed by atoms with Gasteiger partial charge in [-0.05, 0) is 29.8 Å². The monoisotopic (exact) mass is 275 g/mol. The van der Waals surface area contributed by atoms with Crippen molar-refractivity contribution >= 4 is 5.97 Å². The molecule has 0 spiro atoms. The first-order chi connectivity index (χ1) is 9.52. The van der Waals surface area contributed by atoms with E-state index in [0.717, 1.165) is 0 Å². The van der Waals surface area contributed by atoms with E-state index in [9.17, 15) is 14.3 Å². The van der Waals surface area contributed by atoms with E-state index < -0.39 is 17.3 Å². The minimum absolute atomic E-state index is 0.252. The third kappa shape index (κ3) is 2.95. The van der Waals surface area contributed by atoms with Gasteiger partial charge in [-0.2, -0.15) is 0 Å². The van der Waals surface area contributed by atoms with Gasteiger partial charge in [0, 0.05) is 0 Å². The van der Waals surface area contributed by atoms with Gasteiger partial charge >= 0.3 is 5.97 Å². The minimum Gasteiger partial charge on any atom is -0.491 e. The van der Waals surface area contributed by atoms with Crippen molar-refractivity contribution in [3.63, 3.8) is 0 Å². The Kier molecular flexibility index (Phi) is 4.00. The number of halogens is 1. The summed E-state index contributed by atoms with van der Waals surface area (Å²) in [5.74, 6) is -1.22. The van der Waals surface area contributed by atoms with Crippen LogP contribution in [-0.4, -0.2) is 17.7 Å². The van der Waals surface area contributed by atoms with E-state index in [0.29, 0.717) is 11.3 Å². The van der Waals surface area contributed by atoms with Crippen LogP contribution < -0.4 is 10.5 Å². The third-order valence-electron chi connectivity index (χ3n) is 2.95. The van der Waals surface area contributed by atoms with Crippen molar-refractivity contribution in [2.24, 2.45) is 5.73 Å². The van der Waals surface area contributed by atoms with Crippen LogP contribution in [0.25, 0.3) is 0 Å². The molecule has 0 amide bonds. The molecule has 0 bridgehead atoms. The first-order valence-electron chi connectivity index (χ1n) is 5.98. The van der Waals surface area contributed by atoms with Gasteiger partial charge < -0.3 is 15.6 Å². The Morgan fingerprint density at radius 1 is 1.15 bits per heavy atom. The fourth-order valence-electron chi connectivity index (χ4n) is 1.73. The number of carboxylic acids is 1. The highest BCUT2D eigenvalue weighted by Crippen LogP contribution is 2.21. The first-order valence-corrected chi connectivity index (χ1v) is 5.98. The van der Waals surface area contributed by atoms with Crippen LogP contribution in [0.5, 0.6) is 5.75 Å². The predicted octanol–water partition coefficient (Wildman–Crippen LogP) is 2.14. The number of hydrogen-bond acceptors (Lipinski definition) is 3. The maximum absolute atomic E-state index is 12.8. The summed E-state index contributed by atoms with van der Waals surface area (Å²) >= 11 is 0. The van der Waals surface area contributed by atoms with Crippen LogP contribution >= 0.6 is 0 Å². The molecule has 0 aromatic heterocycles. The maximum Gasteiger partial charge on any atom is 0.331 e. The highest BCUT2D eigenvalue weighted by molar-refractivity contribution is 5.80. The number of aliphatic carboxylic acids is 1. The molecule has 2 aromatic rings. The number of nitrogens with two attached hydrogens (primary N) is 1. The van der Waals surface area contributed by atoms with Crippen molar-refractivity contribution in [1.82, 2.24) is 0 Å². The molecule has 0 aliphatic heterocycles. The molecule has 0 aliphatic carbocycles. The van der Waals surface area contributed by atoms with Gasteiger partial charge in [-0.1, -0.05) is 30.3 Å². The summed E-state index contributed by atoms with van der Waals surface area (Å²) in [7, 11) is 0. The molecule has 5 heteroatoms. The molecule has 2 rings (SSSR count).